The molecule has 74 valence electrons. The summed E-state index contributed by atoms with van der Waals surface area (Å²) in [4.78, 5) is 0. The van der Waals surface area contributed by atoms with Crippen LogP contribution in [0.4, 0.5) is 0 Å². The van der Waals surface area contributed by atoms with Crippen LogP contribution in [0.2, 0.25) is 0 Å². The first-order valence-electron chi connectivity index (χ1n) is 4.83. The fourth-order valence-electron chi connectivity index (χ4n) is 1.74. The lowest BCUT2D eigenvalue weighted by Crippen LogP contribution is -2.30. The number of benzene rings is 2. The number of nitriles is 1. The standard InChI is InChI=1S/C13H12N2/c1-13(15,9-14)12-8-4-6-10-5-2-3-7-11(10)12/h2-8H,15H2,1H3. The van der Waals surface area contributed by atoms with Crippen molar-refractivity contribution in [1.29, 1.82) is 5.26 Å². The molecular formula is C13H12N2. The summed E-state index contributed by atoms with van der Waals surface area (Å²) >= 11 is 0. The Bertz CT molecular complexity index is 530. The molecule has 2 aromatic rings. The summed E-state index contributed by atoms with van der Waals surface area (Å²) in [5.41, 5.74) is 5.89. The molecule has 0 aliphatic rings. The van der Waals surface area contributed by atoms with E-state index in [1.165, 1.54) is 0 Å². The van der Waals surface area contributed by atoms with Gasteiger partial charge < -0.3 is 5.73 Å². The fourth-order valence-corrected chi connectivity index (χ4v) is 1.74. The second-order valence-electron chi connectivity index (χ2n) is 3.84. The molecule has 2 rings (SSSR count). The Hall–Kier alpha value is -1.85. The summed E-state index contributed by atoms with van der Waals surface area (Å²) < 4.78 is 0. The van der Waals surface area contributed by atoms with Crippen LogP contribution < -0.4 is 5.73 Å². The second-order valence-corrected chi connectivity index (χ2v) is 3.84. The van der Waals surface area contributed by atoms with E-state index in [0.717, 1.165) is 16.3 Å². The Kier molecular flexibility index (Phi) is 2.18. The molecule has 0 amide bonds. The van der Waals surface area contributed by atoms with Crippen molar-refractivity contribution in [2.45, 2.75) is 12.5 Å². The third kappa shape index (κ3) is 1.58. The van der Waals surface area contributed by atoms with Crippen molar-refractivity contribution in [2.24, 2.45) is 5.73 Å². The van der Waals surface area contributed by atoms with Crippen molar-refractivity contribution in [2.75, 3.05) is 0 Å². The highest BCUT2D eigenvalue weighted by Crippen LogP contribution is 2.26. The molecule has 2 aromatic carbocycles. The van der Waals surface area contributed by atoms with Gasteiger partial charge in [0.1, 0.15) is 5.54 Å². The van der Waals surface area contributed by atoms with Gasteiger partial charge in [0.25, 0.3) is 0 Å². The largest absolute Gasteiger partial charge is 0.310 e. The van der Waals surface area contributed by atoms with Crippen molar-refractivity contribution >= 4 is 10.8 Å². The van der Waals surface area contributed by atoms with Gasteiger partial charge in [0, 0.05) is 0 Å². The fraction of sp³-hybridized carbons (Fsp3) is 0.154. The molecule has 1 atom stereocenters. The summed E-state index contributed by atoms with van der Waals surface area (Å²) in [5.74, 6) is 0. The molecule has 15 heavy (non-hydrogen) atoms. The minimum absolute atomic E-state index is 0.878. The molecule has 0 aliphatic heterocycles. The molecule has 0 heterocycles. The molecule has 0 fully saturated rings. The van der Waals surface area contributed by atoms with Gasteiger partial charge in [0.2, 0.25) is 0 Å². The summed E-state index contributed by atoms with van der Waals surface area (Å²) in [6.45, 7) is 1.73. The zero-order chi connectivity index (χ0) is 10.9. The lowest BCUT2D eigenvalue weighted by molar-refractivity contribution is 0.653. The van der Waals surface area contributed by atoms with Crippen LogP contribution in [0.15, 0.2) is 42.5 Å². The van der Waals surface area contributed by atoms with Crippen LogP contribution >= 0.6 is 0 Å². The van der Waals surface area contributed by atoms with E-state index < -0.39 is 5.54 Å². The smallest absolute Gasteiger partial charge is 0.127 e. The Morgan fingerprint density at radius 1 is 1.13 bits per heavy atom. The van der Waals surface area contributed by atoms with Gasteiger partial charge in [-0.1, -0.05) is 42.5 Å². The van der Waals surface area contributed by atoms with Gasteiger partial charge in [-0.3, -0.25) is 0 Å². The Morgan fingerprint density at radius 3 is 2.53 bits per heavy atom. The molecule has 1 unspecified atom stereocenters. The number of hydrogen-bond acceptors (Lipinski definition) is 2. The maximum absolute atomic E-state index is 9.03. The number of nitrogens with zero attached hydrogens (tertiary/aromatic N) is 1. The zero-order valence-corrected chi connectivity index (χ0v) is 8.57. The van der Waals surface area contributed by atoms with E-state index in [1.807, 2.05) is 42.5 Å². The Labute approximate surface area is 88.9 Å². The van der Waals surface area contributed by atoms with Crippen LogP contribution in [0.3, 0.4) is 0 Å². The number of hydrogen-bond donors (Lipinski definition) is 1. The molecule has 0 aliphatic carbocycles. The van der Waals surface area contributed by atoms with Crippen LogP contribution in [-0.4, -0.2) is 0 Å². The van der Waals surface area contributed by atoms with Gasteiger partial charge in [-0.2, -0.15) is 5.26 Å². The minimum Gasteiger partial charge on any atom is -0.310 e. The quantitative estimate of drug-likeness (QED) is 0.762. The molecule has 2 nitrogen and oxygen atoms in total. The molecule has 0 radical (unpaired) electrons. The molecule has 2 N–H and O–H groups in total. The molecule has 2 heteroatoms. The van der Waals surface area contributed by atoms with E-state index in [9.17, 15) is 0 Å². The molecule has 0 aromatic heterocycles. The monoisotopic (exact) mass is 196 g/mol. The van der Waals surface area contributed by atoms with E-state index in [2.05, 4.69) is 6.07 Å². The summed E-state index contributed by atoms with van der Waals surface area (Å²) in [7, 11) is 0. The number of rotatable bonds is 1. The lowest BCUT2D eigenvalue weighted by atomic mass is 9.90. The SMILES string of the molecule is CC(N)(C#N)c1cccc2ccccc12. The van der Waals surface area contributed by atoms with Crippen molar-refractivity contribution in [1.82, 2.24) is 0 Å². The highest BCUT2D eigenvalue weighted by Gasteiger charge is 2.22. The van der Waals surface area contributed by atoms with Crippen molar-refractivity contribution < 1.29 is 0 Å². The summed E-state index contributed by atoms with van der Waals surface area (Å²) in [5, 5.41) is 11.2. The van der Waals surface area contributed by atoms with Crippen LogP contribution in [0.5, 0.6) is 0 Å². The maximum atomic E-state index is 9.03. The van der Waals surface area contributed by atoms with Crippen molar-refractivity contribution in [3.05, 3.63) is 48.0 Å². The Balaban J connectivity index is 2.78. The second kappa shape index (κ2) is 3.38. The minimum atomic E-state index is -0.930. The van der Waals surface area contributed by atoms with E-state index in [0.29, 0.717) is 0 Å². The highest BCUT2D eigenvalue weighted by molar-refractivity contribution is 5.86. The third-order valence-corrected chi connectivity index (χ3v) is 2.58. The van der Waals surface area contributed by atoms with Gasteiger partial charge in [0.15, 0.2) is 0 Å². The van der Waals surface area contributed by atoms with Crippen LogP contribution in [0.25, 0.3) is 10.8 Å². The third-order valence-electron chi connectivity index (χ3n) is 2.58. The maximum Gasteiger partial charge on any atom is 0.127 e. The summed E-state index contributed by atoms with van der Waals surface area (Å²) in [6, 6.07) is 15.9. The first kappa shape index (κ1) is 9.70. The average Bonchev–Trinajstić information content (AvgIpc) is 2.28. The van der Waals surface area contributed by atoms with E-state index in [-0.39, 0.29) is 0 Å². The number of fused-ring (bicyclic) bond motifs is 1. The first-order valence-corrected chi connectivity index (χ1v) is 4.83. The van der Waals surface area contributed by atoms with Gasteiger partial charge >= 0.3 is 0 Å². The summed E-state index contributed by atoms with van der Waals surface area (Å²) in [6.07, 6.45) is 0. The van der Waals surface area contributed by atoms with Crippen molar-refractivity contribution in [3.8, 4) is 6.07 Å². The van der Waals surface area contributed by atoms with E-state index in [4.69, 9.17) is 11.0 Å². The average molecular weight is 196 g/mol. The lowest BCUT2D eigenvalue weighted by Gasteiger charge is -2.18. The first-order chi connectivity index (χ1) is 7.15. The topological polar surface area (TPSA) is 49.8 Å². The van der Waals surface area contributed by atoms with Gasteiger partial charge in [-0.15, -0.1) is 0 Å². The van der Waals surface area contributed by atoms with E-state index in [1.54, 1.807) is 6.92 Å². The predicted molar refractivity (Wildman–Crippen MR) is 61.1 cm³/mol. The molecule has 0 bridgehead atoms. The highest BCUT2D eigenvalue weighted by atomic mass is 14.7. The predicted octanol–water partition coefficient (Wildman–Crippen LogP) is 2.54. The normalized spacial score (nSPS) is 14.5. The van der Waals surface area contributed by atoms with Gasteiger partial charge in [0.05, 0.1) is 6.07 Å². The van der Waals surface area contributed by atoms with Crippen molar-refractivity contribution in [3.63, 3.8) is 0 Å². The van der Waals surface area contributed by atoms with Gasteiger partial charge in [-0.25, -0.2) is 0 Å². The van der Waals surface area contributed by atoms with Crippen LogP contribution in [-0.2, 0) is 5.54 Å². The van der Waals surface area contributed by atoms with Crippen LogP contribution in [0.1, 0.15) is 12.5 Å². The molecule has 0 saturated carbocycles. The zero-order valence-electron chi connectivity index (χ0n) is 8.57. The molecule has 0 spiro atoms. The van der Waals surface area contributed by atoms with Crippen LogP contribution in [0, 0.1) is 11.3 Å². The van der Waals surface area contributed by atoms with Gasteiger partial charge in [-0.05, 0) is 23.3 Å². The van der Waals surface area contributed by atoms with E-state index >= 15 is 0 Å². The Morgan fingerprint density at radius 2 is 1.80 bits per heavy atom. The molecule has 0 saturated heterocycles. The molecular weight excluding hydrogens is 184 g/mol. The number of nitrogens with two attached hydrogens (primary N) is 1.